The first-order valence-corrected chi connectivity index (χ1v) is 8.21. The fraction of sp³-hybridized carbons (Fsp3) is 0.500. The minimum Gasteiger partial charge on any atom is -0.361 e. The first kappa shape index (κ1) is 12.9. The minimum absolute atomic E-state index is 0.225. The molecule has 2 heterocycles. The van der Waals surface area contributed by atoms with Gasteiger partial charge in [0.25, 0.3) is 5.91 Å². The van der Waals surface area contributed by atoms with E-state index in [-0.39, 0.29) is 5.91 Å². The number of likely N-dealkylation sites (tertiary alicyclic amines) is 1. The van der Waals surface area contributed by atoms with Crippen molar-refractivity contribution in [3.8, 4) is 0 Å². The van der Waals surface area contributed by atoms with E-state index in [4.69, 9.17) is 0 Å². The molecule has 21 heavy (non-hydrogen) atoms. The normalized spacial score (nSPS) is 25.8. The molecule has 1 aliphatic heterocycles. The molecular formula is C18H22N2O. The van der Waals surface area contributed by atoms with Crippen molar-refractivity contribution in [3.05, 3.63) is 36.0 Å². The summed E-state index contributed by atoms with van der Waals surface area (Å²) in [5.41, 5.74) is 1.88. The van der Waals surface area contributed by atoms with E-state index < -0.39 is 0 Å². The average molecular weight is 282 g/mol. The predicted octanol–water partition coefficient (Wildman–Crippen LogP) is 3.96. The van der Waals surface area contributed by atoms with Crippen LogP contribution >= 0.6 is 0 Å². The SMILES string of the molecule is O=C(c1ccc2cc[nH]c2c1)N1CCC[C@H]2CCCC[C@H]21. The van der Waals surface area contributed by atoms with E-state index in [0.29, 0.717) is 6.04 Å². The van der Waals surface area contributed by atoms with Crippen LogP contribution in [0.3, 0.4) is 0 Å². The molecular weight excluding hydrogens is 260 g/mol. The Labute approximate surface area is 125 Å². The molecule has 3 heteroatoms. The molecule has 2 atom stereocenters. The van der Waals surface area contributed by atoms with Gasteiger partial charge in [0.05, 0.1) is 0 Å². The number of aromatic nitrogens is 1. The van der Waals surface area contributed by atoms with Gasteiger partial charge in [-0.15, -0.1) is 0 Å². The maximum absolute atomic E-state index is 12.9. The second kappa shape index (κ2) is 5.21. The standard InChI is InChI=1S/C18H22N2O/c21-18(15-8-7-13-9-10-19-16(13)12-15)20-11-3-5-14-4-1-2-6-17(14)20/h7-10,12,14,17,19H,1-6,11H2/t14-,17-/m1/s1. The van der Waals surface area contributed by atoms with Crippen LogP contribution in [0.5, 0.6) is 0 Å². The number of nitrogens with one attached hydrogen (secondary N) is 1. The van der Waals surface area contributed by atoms with Crippen LogP contribution in [0.15, 0.2) is 30.5 Å². The summed E-state index contributed by atoms with van der Waals surface area (Å²) in [6.45, 7) is 0.933. The van der Waals surface area contributed by atoms with Gasteiger partial charge in [-0.3, -0.25) is 4.79 Å². The summed E-state index contributed by atoms with van der Waals surface area (Å²) in [5, 5.41) is 1.17. The minimum atomic E-state index is 0.225. The summed E-state index contributed by atoms with van der Waals surface area (Å²) >= 11 is 0. The smallest absolute Gasteiger partial charge is 0.254 e. The molecule has 2 fully saturated rings. The highest BCUT2D eigenvalue weighted by atomic mass is 16.2. The first-order valence-electron chi connectivity index (χ1n) is 8.21. The summed E-state index contributed by atoms with van der Waals surface area (Å²) in [6, 6.07) is 8.55. The Morgan fingerprint density at radius 1 is 1.10 bits per heavy atom. The summed E-state index contributed by atoms with van der Waals surface area (Å²) in [4.78, 5) is 18.3. The number of carbonyl (C=O) groups excluding carboxylic acids is 1. The number of fused-ring (bicyclic) bond motifs is 2. The van der Waals surface area contributed by atoms with Gasteiger partial charge in [0.2, 0.25) is 0 Å². The van der Waals surface area contributed by atoms with Crippen molar-refractivity contribution in [2.24, 2.45) is 5.92 Å². The van der Waals surface area contributed by atoms with E-state index in [9.17, 15) is 4.79 Å². The van der Waals surface area contributed by atoms with Crippen molar-refractivity contribution in [1.82, 2.24) is 9.88 Å². The quantitative estimate of drug-likeness (QED) is 0.844. The lowest BCUT2D eigenvalue weighted by Gasteiger charge is -2.44. The number of nitrogens with zero attached hydrogens (tertiary/aromatic N) is 1. The zero-order valence-corrected chi connectivity index (χ0v) is 12.3. The van der Waals surface area contributed by atoms with Gasteiger partial charge in [-0.05, 0) is 55.2 Å². The summed E-state index contributed by atoms with van der Waals surface area (Å²) in [5.74, 6) is 0.966. The van der Waals surface area contributed by atoms with Gasteiger partial charge >= 0.3 is 0 Å². The Balaban J connectivity index is 1.63. The van der Waals surface area contributed by atoms with Crippen molar-refractivity contribution in [2.75, 3.05) is 6.54 Å². The second-order valence-electron chi connectivity index (χ2n) is 6.53. The largest absolute Gasteiger partial charge is 0.361 e. The van der Waals surface area contributed by atoms with Crippen LogP contribution < -0.4 is 0 Å². The number of H-pyrrole nitrogens is 1. The molecule has 1 aromatic carbocycles. The number of amides is 1. The number of hydrogen-bond acceptors (Lipinski definition) is 1. The molecule has 0 radical (unpaired) electrons. The molecule has 1 aromatic heterocycles. The second-order valence-corrected chi connectivity index (χ2v) is 6.53. The molecule has 3 nitrogen and oxygen atoms in total. The van der Waals surface area contributed by atoms with E-state index in [1.807, 2.05) is 30.5 Å². The van der Waals surface area contributed by atoms with Crippen LogP contribution in [-0.2, 0) is 0 Å². The maximum atomic E-state index is 12.9. The number of piperidine rings is 1. The van der Waals surface area contributed by atoms with Crippen molar-refractivity contribution in [3.63, 3.8) is 0 Å². The van der Waals surface area contributed by atoms with E-state index in [1.165, 1.54) is 37.5 Å². The van der Waals surface area contributed by atoms with Gasteiger partial charge in [-0.25, -0.2) is 0 Å². The van der Waals surface area contributed by atoms with Crippen LogP contribution in [0, 0.1) is 5.92 Å². The summed E-state index contributed by atoms with van der Waals surface area (Å²) < 4.78 is 0. The lowest BCUT2D eigenvalue weighted by Crippen LogP contribution is -2.49. The van der Waals surface area contributed by atoms with Gasteiger partial charge in [0, 0.05) is 29.9 Å². The van der Waals surface area contributed by atoms with E-state index >= 15 is 0 Å². The molecule has 1 saturated carbocycles. The first-order chi connectivity index (χ1) is 10.3. The third kappa shape index (κ3) is 2.25. The molecule has 4 rings (SSSR count). The molecule has 1 saturated heterocycles. The fourth-order valence-electron chi connectivity index (χ4n) is 4.22. The Morgan fingerprint density at radius 2 is 1.95 bits per heavy atom. The highest BCUT2D eigenvalue weighted by Crippen LogP contribution is 2.36. The van der Waals surface area contributed by atoms with Crippen molar-refractivity contribution < 1.29 is 4.79 Å². The Kier molecular flexibility index (Phi) is 3.21. The van der Waals surface area contributed by atoms with Gasteiger partial charge in [-0.1, -0.05) is 18.9 Å². The zero-order chi connectivity index (χ0) is 14.2. The van der Waals surface area contributed by atoms with Crippen molar-refractivity contribution >= 4 is 16.8 Å². The maximum Gasteiger partial charge on any atom is 0.254 e. The summed E-state index contributed by atoms with van der Waals surface area (Å²) in [7, 11) is 0. The van der Waals surface area contributed by atoms with E-state index in [1.54, 1.807) is 0 Å². The molecule has 0 unspecified atom stereocenters. The highest BCUT2D eigenvalue weighted by Gasteiger charge is 2.35. The third-order valence-electron chi connectivity index (χ3n) is 5.31. The van der Waals surface area contributed by atoms with Crippen LogP contribution in [0.25, 0.3) is 10.9 Å². The van der Waals surface area contributed by atoms with Gasteiger partial charge in [0.1, 0.15) is 0 Å². The van der Waals surface area contributed by atoms with E-state index in [2.05, 4.69) is 9.88 Å². The molecule has 110 valence electrons. The molecule has 0 spiro atoms. The molecule has 0 bridgehead atoms. The van der Waals surface area contributed by atoms with Crippen molar-refractivity contribution in [2.45, 2.75) is 44.6 Å². The van der Waals surface area contributed by atoms with Crippen LogP contribution in [-0.4, -0.2) is 28.4 Å². The summed E-state index contributed by atoms with van der Waals surface area (Å²) in [6.07, 6.45) is 9.53. The highest BCUT2D eigenvalue weighted by molar-refractivity contribution is 5.98. The third-order valence-corrected chi connectivity index (χ3v) is 5.31. The zero-order valence-electron chi connectivity index (χ0n) is 12.3. The average Bonchev–Trinajstić information content (AvgIpc) is 3.01. The Bertz CT molecular complexity index is 658. The van der Waals surface area contributed by atoms with Crippen LogP contribution in [0.4, 0.5) is 0 Å². The van der Waals surface area contributed by atoms with Crippen molar-refractivity contribution in [1.29, 1.82) is 0 Å². The van der Waals surface area contributed by atoms with Crippen LogP contribution in [0.2, 0.25) is 0 Å². The fourth-order valence-corrected chi connectivity index (χ4v) is 4.22. The molecule has 1 aliphatic carbocycles. The monoisotopic (exact) mass is 282 g/mol. The predicted molar refractivity (Wildman–Crippen MR) is 84.3 cm³/mol. The molecule has 1 amide bonds. The topological polar surface area (TPSA) is 36.1 Å². The molecule has 2 aliphatic rings. The lowest BCUT2D eigenvalue weighted by molar-refractivity contribution is 0.0391. The van der Waals surface area contributed by atoms with Gasteiger partial charge < -0.3 is 9.88 Å². The number of benzene rings is 1. The molecule has 1 N–H and O–H groups in total. The van der Waals surface area contributed by atoms with Gasteiger partial charge in [-0.2, -0.15) is 0 Å². The van der Waals surface area contributed by atoms with Gasteiger partial charge in [0.15, 0.2) is 0 Å². The molecule has 2 aromatic rings. The van der Waals surface area contributed by atoms with Crippen LogP contribution in [0.1, 0.15) is 48.9 Å². The van der Waals surface area contributed by atoms with E-state index in [0.717, 1.165) is 30.0 Å². The number of rotatable bonds is 1. The Hall–Kier alpha value is -1.77. The Morgan fingerprint density at radius 3 is 2.90 bits per heavy atom. The number of carbonyl (C=O) groups is 1. The lowest BCUT2D eigenvalue weighted by atomic mass is 9.78. The number of hydrogen-bond donors (Lipinski definition) is 1. The number of aromatic amines is 1.